The van der Waals surface area contributed by atoms with E-state index in [4.69, 9.17) is 37.7 Å². The predicted octanol–water partition coefficient (Wildman–Crippen LogP) is 9.01. The summed E-state index contributed by atoms with van der Waals surface area (Å²) in [5.41, 5.74) is 5.32. The number of carbonyl (C=O) groups excluding carboxylic acids is 1. The fourth-order valence-electron chi connectivity index (χ4n) is 4.09. The molecule has 1 saturated heterocycles. The van der Waals surface area contributed by atoms with Gasteiger partial charge in [-0.15, -0.1) is 0 Å². The van der Waals surface area contributed by atoms with Crippen LogP contribution >= 0.6 is 35.0 Å². The van der Waals surface area contributed by atoms with Crippen molar-refractivity contribution in [2.24, 2.45) is 4.99 Å². The molecule has 0 atom stereocenters. The van der Waals surface area contributed by atoms with Crippen molar-refractivity contribution in [3.63, 3.8) is 0 Å². The predicted molar refractivity (Wildman–Crippen MR) is 166 cm³/mol. The van der Waals surface area contributed by atoms with Crippen LogP contribution in [-0.2, 0) is 11.4 Å². The molecule has 0 saturated carbocycles. The normalized spacial score (nSPS) is 15.2. The van der Waals surface area contributed by atoms with Crippen LogP contribution in [0.1, 0.15) is 22.3 Å². The number of benzene rings is 4. The van der Waals surface area contributed by atoms with E-state index in [0.717, 1.165) is 28.1 Å². The lowest BCUT2D eigenvalue weighted by molar-refractivity contribution is -0.113. The summed E-state index contributed by atoms with van der Waals surface area (Å²) in [4.78, 5) is 20.8. The number of amides is 1. The van der Waals surface area contributed by atoms with Crippen molar-refractivity contribution in [3.05, 3.63) is 122 Å². The van der Waals surface area contributed by atoms with Crippen molar-refractivity contribution in [3.8, 4) is 11.5 Å². The van der Waals surface area contributed by atoms with Gasteiger partial charge < -0.3 is 9.47 Å². The molecule has 5 nitrogen and oxygen atoms in total. The summed E-state index contributed by atoms with van der Waals surface area (Å²) >= 11 is 13.6. The molecule has 202 valence electrons. The smallest absolute Gasteiger partial charge is 0.271 e. The van der Waals surface area contributed by atoms with Crippen LogP contribution < -0.4 is 14.4 Å². The van der Waals surface area contributed by atoms with Gasteiger partial charge in [-0.25, -0.2) is 4.99 Å². The first kappa shape index (κ1) is 27.8. The number of carbonyl (C=O) groups is 1. The van der Waals surface area contributed by atoms with Gasteiger partial charge in [0.15, 0.2) is 16.7 Å². The van der Waals surface area contributed by atoms with E-state index in [1.165, 1.54) is 11.8 Å². The molecule has 4 aromatic carbocycles. The zero-order valence-electron chi connectivity index (χ0n) is 22.2. The lowest BCUT2D eigenvalue weighted by Gasteiger charge is -2.16. The highest BCUT2D eigenvalue weighted by atomic mass is 35.5. The van der Waals surface area contributed by atoms with Crippen molar-refractivity contribution in [2.45, 2.75) is 20.5 Å². The molecule has 1 fully saturated rings. The Kier molecular flexibility index (Phi) is 8.50. The minimum Gasteiger partial charge on any atom is -0.493 e. The number of thioether (sulfide) groups is 1. The number of para-hydroxylation sites is 1. The zero-order valence-corrected chi connectivity index (χ0v) is 24.5. The highest BCUT2D eigenvalue weighted by Gasteiger charge is 2.35. The van der Waals surface area contributed by atoms with Crippen molar-refractivity contribution in [1.29, 1.82) is 0 Å². The molecular formula is C32H26Cl2N2O3S. The van der Waals surface area contributed by atoms with Gasteiger partial charge in [0.2, 0.25) is 0 Å². The van der Waals surface area contributed by atoms with Gasteiger partial charge >= 0.3 is 0 Å². The Bertz CT molecular complexity index is 1620. The average Bonchev–Trinajstić information content (AvgIpc) is 3.25. The fourth-order valence-corrected chi connectivity index (χ4v) is 5.40. The summed E-state index contributed by atoms with van der Waals surface area (Å²) in [6.07, 6.45) is 1.82. The molecule has 0 spiro atoms. The Labute approximate surface area is 248 Å². The van der Waals surface area contributed by atoms with Crippen LogP contribution in [0.5, 0.6) is 11.5 Å². The maximum atomic E-state index is 13.8. The lowest BCUT2D eigenvalue weighted by atomic mass is 10.1. The van der Waals surface area contributed by atoms with Crippen molar-refractivity contribution in [1.82, 2.24) is 0 Å². The molecule has 0 unspecified atom stereocenters. The third kappa shape index (κ3) is 6.20. The molecule has 8 heteroatoms. The standard InChI is InChI=1S/C32H26Cl2N2O3S/c1-20-7-12-24(13-8-20)35-32-36(25-14-9-21(2)10-15-25)31(37)29(40-32)18-23-5-4-6-28(38-3)30(23)39-19-22-11-16-26(33)27(34)17-22/h4-18H,19H2,1-3H3/b29-18+,35-32?. The first-order valence-electron chi connectivity index (χ1n) is 12.5. The number of halogens is 2. The summed E-state index contributed by atoms with van der Waals surface area (Å²) in [6.45, 7) is 4.28. The Morgan fingerprint density at radius 1 is 0.900 bits per heavy atom. The quantitative estimate of drug-likeness (QED) is 0.202. The molecule has 1 heterocycles. The average molecular weight is 590 g/mol. The van der Waals surface area contributed by atoms with Gasteiger partial charge in [-0.3, -0.25) is 9.69 Å². The maximum absolute atomic E-state index is 13.8. The topological polar surface area (TPSA) is 51.1 Å². The number of hydrogen-bond donors (Lipinski definition) is 0. The van der Waals surface area contributed by atoms with Crippen LogP contribution in [0, 0.1) is 13.8 Å². The van der Waals surface area contributed by atoms with Crippen LogP contribution in [0.2, 0.25) is 10.0 Å². The number of methoxy groups -OCH3 is 1. The SMILES string of the molecule is COc1cccc(/C=C2/SC(=Nc3ccc(C)cc3)N(c3ccc(C)cc3)C2=O)c1OCc1ccc(Cl)c(Cl)c1. The number of anilines is 1. The second-order valence-electron chi connectivity index (χ2n) is 9.23. The number of aliphatic imine (C=N–C) groups is 1. The van der Waals surface area contributed by atoms with Crippen LogP contribution in [0.15, 0.2) is 94.8 Å². The molecule has 0 aliphatic carbocycles. The van der Waals surface area contributed by atoms with Crippen LogP contribution in [-0.4, -0.2) is 18.2 Å². The van der Waals surface area contributed by atoms with Crippen molar-refractivity contribution >= 4 is 63.5 Å². The molecule has 1 aliphatic rings. The molecular weight excluding hydrogens is 563 g/mol. The monoisotopic (exact) mass is 588 g/mol. The van der Waals surface area contributed by atoms with Crippen LogP contribution in [0.3, 0.4) is 0 Å². The molecule has 0 radical (unpaired) electrons. The summed E-state index contributed by atoms with van der Waals surface area (Å²) in [7, 11) is 1.58. The molecule has 0 bridgehead atoms. The largest absolute Gasteiger partial charge is 0.493 e. The van der Waals surface area contributed by atoms with Crippen molar-refractivity contribution < 1.29 is 14.3 Å². The highest BCUT2D eigenvalue weighted by molar-refractivity contribution is 8.19. The second kappa shape index (κ2) is 12.2. The molecule has 0 aromatic heterocycles. The maximum Gasteiger partial charge on any atom is 0.271 e. The van der Waals surface area contributed by atoms with Gasteiger partial charge in [-0.05, 0) is 79.7 Å². The first-order valence-corrected chi connectivity index (χ1v) is 14.1. The number of nitrogens with zero attached hydrogens (tertiary/aromatic N) is 2. The van der Waals surface area contributed by atoms with Crippen LogP contribution in [0.4, 0.5) is 11.4 Å². The fraction of sp³-hybridized carbons (Fsp3) is 0.125. The van der Waals surface area contributed by atoms with E-state index in [1.54, 1.807) is 24.1 Å². The second-order valence-corrected chi connectivity index (χ2v) is 11.1. The Hall–Kier alpha value is -3.71. The van der Waals surface area contributed by atoms with E-state index < -0.39 is 0 Å². The van der Waals surface area contributed by atoms with E-state index in [-0.39, 0.29) is 12.5 Å². The number of hydrogen-bond acceptors (Lipinski definition) is 5. The number of rotatable bonds is 7. The lowest BCUT2D eigenvalue weighted by Crippen LogP contribution is -2.28. The Morgan fingerprint density at radius 2 is 1.60 bits per heavy atom. The summed E-state index contributed by atoms with van der Waals surface area (Å²) in [6, 6.07) is 26.6. The van der Waals surface area contributed by atoms with E-state index in [0.29, 0.717) is 37.2 Å². The molecule has 4 aromatic rings. The van der Waals surface area contributed by atoms with Gasteiger partial charge in [0, 0.05) is 5.56 Å². The zero-order chi connectivity index (χ0) is 28.2. The summed E-state index contributed by atoms with van der Waals surface area (Å²) < 4.78 is 11.8. The molecule has 0 N–H and O–H groups in total. The third-order valence-corrected chi connectivity index (χ3v) is 7.95. The summed E-state index contributed by atoms with van der Waals surface area (Å²) in [5.74, 6) is 0.898. The Balaban J connectivity index is 1.52. The molecule has 1 amide bonds. The van der Waals surface area contributed by atoms with Crippen LogP contribution in [0.25, 0.3) is 6.08 Å². The van der Waals surface area contributed by atoms with E-state index in [9.17, 15) is 4.79 Å². The highest BCUT2D eigenvalue weighted by Crippen LogP contribution is 2.40. The van der Waals surface area contributed by atoms with Gasteiger partial charge in [-0.2, -0.15) is 0 Å². The third-order valence-electron chi connectivity index (χ3n) is 6.24. The number of amidine groups is 1. The van der Waals surface area contributed by atoms with E-state index in [1.807, 2.05) is 92.7 Å². The molecule has 5 rings (SSSR count). The first-order chi connectivity index (χ1) is 19.3. The minimum atomic E-state index is -0.169. The molecule has 1 aliphatic heterocycles. The van der Waals surface area contributed by atoms with Crippen molar-refractivity contribution in [2.75, 3.05) is 12.0 Å². The Morgan fingerprint density at radius 3 is 2.27 bits per heavy atom. The van der Waals surface area contributed by atoms with Gasteiger partial charge in [0.1, 0.15) is 6.61 Å². The minimum absolute atomic E-state index is 0.169. The summed E-state index contributed by atoms with van der Waals surface area (Å²) in [5, 5.41) is 1.51. The van der Waals surface area contributed by atoms with Gasteiger partial charge in [-0.1, -0.05) is 76.8 Å². The number of ether oxygens (including phenoxy) is 2. The van der Waals surface area contributed by atoms with E-state index in [2.05, 4.69) is 0 Å². The van der Waals surface area contributed by atoms with Gasteiger partial charge in [0.25, 0.3) is 5.91 Å². The van der Waals surface area contributed by atoms with Gasteiger partial charge in [0.05, 0.1) is 33.4 Å². The number of aryl methyl sites for hydroxylation is 2. The van der Waals surface area contributed by atoms with E-state index >= 15 is 0 Å². The molecule has 40 heavy (non-hydrogen) atoms.